The summed E-state index contributed by atoms with van der Waals surface area (Å²) in [6.07, 6.45) is -1.04. The summed E-state index contributed by atoms with van der Waals surface area (Å²) in [6, 6.07) is 4.04. The maximum absolute atomic E-state index is 12.6. The summed E-state index contributed by atoms with van der Waals surface area (Å²) < 4.78 is 39.2. The van der Waals surface area contributed by atoms with E-state index in [1.165, 1.54) is 17.1 Å². The molecule has 3 aromatic rings. The van der Waals surface area contributed by atoms with Crippen molar-refractivity contribution < 1.29 is 28.3 Å². The number of hydrogen-bond acceptors (Lipinski definition) is 6. The Morgan fingerprint density at radius 3 is 2.46 bits per heavy atom. The highest BCUT2D eigenvalue weighted by Crippen LogP contribution is 2.39. The second-order valence-corrected chi connectivity index (χ2v) is 5.17. The van der Waals surface area contributed by atoms with Crippen molar-refractivity contribution in [3.8, 4) is 28.4 Å². The quantitative estimate of drug-likeness (QED) is 0.418. The Labute approximate surface area is 143 Å². The van der Waals surface area contributed by atoms with Gasteiger partial charge in [-0.2, -0.15) is 13.2 Å². The van der Waals surface area contributed by atoms with Crippen LogP contribution >= 0.6 is 0 Å². The number of alkyl halides is 3. The van der Waals surface area contributed by atoms with Gasteiger partial charge in [-0.15, -0.1) is 0 Å². The molecule has 1 aromatic carbocycles. The predicted octanol–water partition coefficient (Wildman–Crippen LogP) is 3.27. The monoisotopic (exact) mass is 366 g/mol. The van der Waals surface area contributed by atoms with Crippen molar-refractivity contribution in [1.82, 2.24) is 14.5 Å². The highest BCUT2D eigenvalue weighted by Gasteiger charge is 2.32. The van der Waals surface area contributed by atoms with Crippen LogP contribution in [-0.4, -0.2) is 29.7 Å². The first-order chi connectivity index (χ1) is 12.2. The molecule has 8 nitrogen and oxygen atoms in total. The van der Waals surface area contributed by atoms with Crippen LogP contribution in [0.3, 0.4) is 0 Å². The van der Waals surface area contributed by atoms with E-state index < -0.39 is 34.0 Å². The zero-order valence-electron chi connectivity index (χ0n) is 12.7. The van der Waals surface area contributed by atoms with Crippen LogP contribution in [0.25, 0.3) is 16.9 Å². The Balaban J connectivity index is 2.09. The van der Waals surface area contributed by atoms with Crippen molar-refractivity contribution in [3.63, 3.8) is 0 Å². The number of rotatable bonds is 3. The van der Waals surface area contributed by atoms with Gasteiger partial charge in [-0.3, -0.25) is 14.7 Å². The van der Waals surface area contributed by atoms with Crippen molar-refractivity contribution in [1.29, 1.82) is 0 Å². The van der Waals surface area contributed by atoms with Crippen molar-refractivity contribution in [2.75, 3.05) is 0 Å². The van der Waals surface area contributed by atoms with Gasteiger partial charge in [0.2, 0.25) is 5.75 Å². The van der Waals surface area contributed by atoms with Gasteiger partial charge in [0.1, 0.15) is 5.69 Å². The predicted molar refractivity (Wildman–Crippen MR) is 81.8 cm³/mol. The van der Waals surface area contributed by atoms with Gasteiger partial charge in [0, 0.05) is 11.6 Å². The summed E-state index contributed by atoms with van der Waals surface area (Å²) >= 11 is 0. The molecule has 2 N–H and O–H groups in total. The minimum Gasteiger partial charge on any atom is -0.504 e. The fraction of sp³-hybridized carbons (Fsp3) is 0.0667. The molecule has 0 unspecified atom stereocenters. The molecule has 3 rings (SSSR count). The van der Waals surface area contributed by atoms with E-state index in [2.05, 4.69) is 9.97 Å². The van der Waals surface area contributed by atoms with Crippen LogP contribution in [0.4, 0.5) is 18.9 Å². The molecule has 26 heavy (non-hydrogen) atoms. The summed E-state index contributed by atoms with van der Waals surface area (Å²) in [6.45, 7) is 0. The molecule has 0 bridgehead atoms. The number of benzene rings is 1. The van der Waals surface area contributed by atoms with E-state index in [0.29, 0.717) is 0 Å². The number of imidazole rings is 1. The number of hydrogen-bond donors (Lipinski definition) is 2. The fourth-order valence-corrected chi connectivity index (χ4v) is 2.30. The number of nitrogens with zero attached hydrogens (tertiary/aromatic N) is 4. The number of phenols is 2. The van der Waals surface area contributed by atoms with Crippen LogP contribution in [-0.2, 0) is 6.18 Å². The molecule has 11 heteroatoms. The first-order valence-corrected chi connectivity index (χ1v) is 6.95. The fourth-order valence-electron chi connectivity index (χ4n) is 2.30. The Morgan fingerprint density at radius 1 is 1.15 bits per heavy atom. The zero-order chi connectivity index (χ0) is 19.1. The van der Waals surface area contributed by atoms with Gasteiger partial charge < -0.3 is 10.2 Å². The van der Waals surface area contributed by atoms with Gasteiger partial charge >= 0.3 is 11.9 Å². The van der Waals surface area contributed by atoms with Crippen LogP contribution in [0.15, 0.2) is 43.0 Å². The molecular formula is C15H9F3N4O4. The number of pyridine rings is 1. The largest absolute Gasteiger partial charge is 0.504 e. The minimum atomic E-state index is -4.58. The third kappa shape index (κ3) is 3.01. The van der Waals surface area contributed by atoms with E-state index in [-0.39, 0.29) is 16.9 Å². The Bertz CT molecular complexity index is 984. The number of phenolic OH excluding ortho intramolecular Hbond substituents is 2. The molecule has 134 valence electrons. The molecule has 0 saturated heterocycles. The van der Waals surface area contributed by atoms with Crippen LogP contribution < -0.4 is 0 Å². The topological polar surface area (TPSA) is 114 Å². The number of aromatic hydroxyl groups is 2. The lowest BCUT2D eigenvalue weighted by atomic mass is 10.1. The van der Waals surface area contributed by atoms with Gasteiger partial charge in [0.05, 0.1) is 35.0 Å². The van der Waals surface area contributed by atoms with Crippen molar-refractivity contribution in [2.24, 2.45) is 0 Å². The number of aromatic nitrogens is 3. The van der Waals surface area contributed by atoms with E-state index in [1.807, 2.05) is 0 Å². The van der Waals surface area contributed by atoms with Gasteiger partial charge in [-0.25, -0.2) is 9.97 Å². The molecule has 2 heterocycles. The summed E-state index contributed by atoms with van der Waals surface area (Å²) in [5.74, 6) is -1.60. The van der Waals surface area contributed by atoms with Crippen molar-refractivity contribution in [3.05, 3.63) is 58.8 Å². The molecule has 0 spiro atoms. The normalized spacial score (nSPS) is 11.5. The maximum Gasteiger partial charge on any atom is 0.433 e. The lowest BCUT2D eigenvalue weighted by Gasteiger charge is -2.11. The third-order valence-corrected chi connectivity index (χ3v) is 3.52. The molecule has 2 aromatic heterocycles. The summed E-state index contributed by atoms with van der Waals surface area (Å²) in [7, 11) is 0. The highest BCUT2D eigenvalue weighted by molar-refractivity contribution is 5.71. The average molecular weight is 366 g/mol. The molecule has 0 amide bonds. The van der Waals surface area contributed by atoms with Gasteiger partial charge in [0.25, 0.3) is 0 Å². The number of halogens is 3. The molecule has 0 aliphatic heterocycles. The van der Waals surface area contributed by atoms with Crippen LogP contribution in [0, 0.1) is 10.1 Å². The summed E-state index contributed by atoms with van der Waals surface area (Å²) in [4.78, 5) is 17.3. The first-order valence-electron chi connectivity index (χ1n) is 6.95. The molecule has 0 saturated carbocycles. The van der Waals surface area contributed by atoms with Crippen molar-refractivity contribution in [2.45, 2.75) is 6.18 Å². The minimum absolute atomic E-state index is 0.129. The standard InChI is InChI=1S/C15H9F3N4O4/c16-15(17,18)13-2-1-9(5-20-13)21-7-19-6-11(21)8-3-10(22(25)26)14(24)12(23)4-8/h1-7,23-24H. The Hall–Kier alpha value is -3.63. The lowest BCUT2D eigenvalue weighted by molar-refractivity contribution is -0.385. The van der Waals surface area contributed by atoms with Gasteiger partial charge in [0.15, 0.2) is 5.75 Å². The van der Waals surface area contributed by atoms with Crippen molar-refractivity contribution >= 4 is 5.69 Å². The van der Waals surface area contributed by atoms with Crippen LogP contribution in [0.2, 0.25) is 0 Å². The maximum atomic E-state index is 12.6. The second kappa shape index (κ2) is 6.02. The molecule has 0 aliphatic carbocycles. The third-order valence-electron chi connectivity index (χ3n) is 3.52. The molecule has 0 atom stereocenters. The van der Waals surface area contributed by atoms with E-state index in [4.69, 9.17) is 0 Å². The smallest absolute Gasteiger partial charge is 0.433 e. The zero-order valence-corrected chi connectivity index (χ0v) is 12.7. The highest BCUT2D eigenvalue weighted by atomic mass is 19.4. The molecule has 0 aliphatic rings. The lowest BCUT2D eigenvalue weighted by Crippen LogP contribution is -2.08. The Morgan fingerprint density at radius 2 is 1.88 bits per heavy atom. The Kier molecular flexibility index (Phi) is 3.98. The summed E-state index contributed by atoms with van der Waals surface area (Å²) in [5, 5.41) is 30.2. The van der Waals surface area contributed by atoms with E-state index in [0.717, 1.165) is 30.5 Å². The van der Waals surface area contributed by atoms with Gasteiger partial charge in [-0.05, 0) is 18.2 Å². The van der Waals surface area contributed by atoms with Crippen LogP contribution in [0.1, 0.15) is 5.69 Å². The van der Waals surface area contributed by atoms with Gasteiger partial charge in [-0.1, -0.05) is 0 Å². The second-order valence-electron chi connectivity index (χ2n) is 5.17. The summed E-state index contributed by atoms with van der Waals surface area (Å²) in [5.41, 5.74) is -1.20. The molecular weight excluding hydrogens is 357 g/mol. The average Bonchev–Trinajstić information content (AvgIpc) is 3.06. The van der Waals surface area contributed by atoms with E-state index in [1.54, 1.807) is 0 Å². The SMILES string of the molecule is O=[N+]([O-])c1cc(-c2cncn2-c2ccc(C(F)(F)F)nc2)cc(O)c1O. The molecule has 0 fully saturated rings. The first kappa shape index (κ1) is 17.2. The number of nitro benzene ring substituents is 1. The van der Waals surface area contributed by atoms with E-state index in [9.17, 15) is 33.5 Å². The van der Waals surface area contributed by atoms with Crippen LogP contribution in [0.5, 0.6) is 11.5 Å². The molecule has 0 radical (unpaired) electrons. The number of nitro groups is 1. The van der Waals surface area contributed by atoms with E-state index >= 15 is 0 Å².